The van der Waals surface area contributed by atoms with Gasteiger partial charge in [-0.3, -0.25) is 0 Å². The second-order valence-corrected chi connectivity index (χ2v) is 4.43. The molecule has 0 aliphatic heterocycles. The van der Waals surface area contributed by atoms with Crippen LogP contribution in [0, 0.1) is 0 Å². The molecule has 0 radical (unpaired) electrons. The second-order valence-electron chi connectivity index (χ2n) is 3.40. The maximum atomic E-state index is 4.33. The number of imidazole rings is 1. The number of fused-ring (bicyclic) bond motifs is 1. The Morgan fingerprint density at radius 1 is 1.40 bits per heavy atom. The molecule has 0 unspecified atom stereocenters. The minimum absolute atomic E-state index is 1.08. The number of aromatic nitrogens is 3. The standard InChI is InChI=1S/C11H9N3S/c1-14-7-12-6-9(14)10-5-8-3-2-4-13-11(8)15-10/h2-7H,1H3. The van der Waals surface area contributed by atoms with Gasteiger partial charge in [-0.25, -0.2) is 9.97 Å². The molecule has 3 heterocycles. The van der Waals surface area contributed by atoms with E-state index in [1.165, 1.54) is 10.3 Å². The average molecular weight is 215 g/mol. The molecule has 0 fully saturated rings. The molecule has 0 saturated heterocycles. The van der Waals surface area contributed by atoms with E-state index in [4.69, 9.17) is 0 Å². The Morgan fingerprint density at radius 2 is 2.33 bits per heavy atom. The predicted molar refractivity (Wildman–Crippen MR) is 61.8 cm³/mol. The summed E-state index contributed by atoms with van der Waals surface area (Å²) in [4.78, 5) is 10.7. The maximum Gasteiger partial charge on any atom is 0.123 e. The zero-order valence-electron chi connectivity index (χ0n) is 8.21. The SMILES string of the molecule is Cn1cncc1-c1cc2cccnc2s1. The van der Waals surface area contributed by atoms with Crippen molar-refractivity contribution in [2.24, 2.45) is 7.05 Å². The summed E-state index contributed by atoms with van der Waals surface area (Å²) in [7, 11) is 2.00. The monoisotopic (exact) mass is 215 g/mol. The van der Waals surface area contributed by atoms with Crippen LogP contribution in [0.4, 0.5) is 0 Å². The number of aryl methyl sites for hydroxylation is 1. The van der Waals surface area contributed by atoms with Gasteiger partial charge >= 0.3 is 0 Å². The minimum atomic E-state index is 1.08. The fraction of sp³-hybridized carbons (Fsp3) is 0.0909. The lowest BCUT2D eigenvalue weighted by Gasteiger charge is -1.95. The van der Waals surface area contributed by atoms with Gasteiger partial charge in [0.25, 0.3) is 0 Å². The van der Waals surface area contributed by atoms with Crippen LogP contribution in [0.5, 0.6) is 0 Å². The molecule has 0 atom stereocenters. The van der Waals surface area contributed by atoms with E-state index in [1.54, 1.807) is 11.3 Å². The lowest BCUT2D eigenvalue weighted by molar-refractivity contribution is 0.923. The minimum Gasteiger partial charge on any atom is -0.333 e. The van der Waals surface area contributed by atoms with Crippen LogP contribution in [0.15, 0.2) is 36.9 Å². The second kappa shape index (κ2) is 3.17. The van der Waals surface area contributed by atoms with Crippen molar-refractivity contribution in [3.63, 3.8) is 0 Å². The van der Waals surface area contributed by atoms with E-state index in [0.29, 0.717) is 0 Å². The van der Waals surface area contributed by atoms with Crippen molar-refractivity contribution < 1.29 is 0 Å². The summed E-state index contributed by atoms with van der Waals surface area (Å²) in [6, 6.07) is 6.20. The fourth-order valence-electron chi connectivity index (χ4n) is 1.59. The van der Waals surface area contributed by atoms with Gasteiger partial charge in [-0.05, 0) is 12.1 Å². The Labute approximate surface area is 91.0 Å². The van der Waals surface area contributed by atoms with Crippen molar-refractivity contribution in [2.75, 3.05) is 0 Å². The third-order valence-corrected chi connectivity index (χ3v) is 3.44. The largest absolute Gasteiger partial charge is 0.333 e. The van der Waals surface area contributed by atoms with Crippen LogP contribution in [0.25, 0.3) is 20.8 Å². The number of thiophene rings is 1. The predicted octanol–water partition coefficient (Wildman–Crippen LogP) is 2.70. The number of hydrogen-bond acceptors (Lipinski definition) is 3. The molecule has 0 N–H and O–H groups in total. The van der Waals surface area contributed by atoms with Crippen LogP contribution in [-0.4, -0.2) is 14.5 Å². The van der Waals surface area contributed by atoms with Gasteiger partial charge < -0.3 is 4.57 Å². The fourth-order valence-corrected chi connectivity index (χ4v) is 2.65. The molecular formula is C11H9N3S. The molecule has 0 aromatic carbocycles. The van der Waals surface area contributed by atoms with E-state index >= 15 is 0 Å². The third-order valence-electron chi connectivity index (χ3n) is 2.36. The van der Waals surface area contributed by atoms with Gasteiger partial charge in [0.1, 0.15) is 4.83 Å². The normalized spacial score (nSPS) is 11.0. The van der Waals surface area contributed by atoms with Crippen molar-refractivity contribution in [3.05, 3.63) is 36.9 Å². The van der Waals surface area contributed by atoms with Crippen LogP contribution >= 0.6 is 11.3 Å². The molecule has 3 rings (SSSR count). The molecule has 3 aromatic heterocycles. The highest BCUT2D eigenvalue weighted by atomic mass is 32.1. The summed E-state index contributed by atoms with van der Waals surface area (Å²) in [5.41, 5.74) is 1.14. The van der Waals surface area contributed by atoms with E-state index in [1.807, 2.05) is 36.4 Å². The smallest absolute Gasteiger partial charge is 0.123 e. The van der Waals surface area contributed by atoms with Crippen LogP contribution in [-0.2, 0) is 7.05 Å². The molecule has 0 bridgehead atoms. The molecule has 0 aliphatic carbocycles. The molecule has 0 spiro atoms. The quantitative estimate of drug-likeness (QED) is 0.625. The maximum absolute atomic E-state index is 4.33. The van der Waals surface area contributed by atoms with E-state index < -0.39 is 0 Å². The first-order chi connectivity index (χ1) is 7.34. The van der Waals surface area contributed by atoms with Crippen molar-refractivity contribution in [2.45, 2.75) is 0 Å². The van der Waals surface area contributed by atoms with Crippen LogP contribution in [0.1, 0.15) is 0 Å². The van der Waals surface area contributed by atoms with E-state index in [2.05, 4.69) is 22.1 Å². The Kier molecular flexibility index (Phi) is 1.82. The number of hydrogen-bond donors (Lipinski definition) is 0. The van der Waals surface area contributed by atoms with Crippen molar-refractivity contribution in [1.82, 2.24) is 14.5 Å². The highest BCUT2D eigenvalue weighted by Gasteiger charge is 2.07. The van der Waals surface area contributed by atoms with E-state index in [0.717, 1.165) is 10.5 Å². The molecule has 4 heteroatoms. The summed E-state index contributed by atoms with van der Waals surface area (Å²) in [6.45, 7) is 0. The molecule has 0 saturated carbocycles. The van der Waals surface area contributed by atoms with Gasteiger partial charge in [0.15, 0.2) is 0 Å². The topological polar surface area (TPSA) is 30.7 Å². The highest BCUT2D eigenvalue weighted by molar-refractivity contribution is 7.21. The first-order valence-corrected chi connectivity index (χ1v) is 5.47. The van der Waals surface area contributed by atoms with Gasteiger partial charge in [-0.2, -0.15) is 0 Å². The lowest BCUT2D eigenvalue weighted by Crippen LogP contribution is -1.85. The Balaban J connectivity index is 2.24. The molecule has 74 valence electrons. The van der Waals surface area contributed by atoms with Crippen LogP contribution < -0.4 is 0 Å². The van der Waals surface area contributed by atoms with Gasteiger partial charge in [-0.15, -0.1) is 11.3 Å². The van der Waals surface area contributed by atoms with Crippen LogP contribution in [0.2, 0.25) is 0 Å². The van der Waals surface area contributed by atoms with E-state index in [-0.39, 0.29) is 0 Å². The lowest BCUT2D eigenvalue weighted by atomic mass is 10.3. The Morgan fingerprint density at radius 3 is 3.07 bits per heavy atom. The Hall–Kier alpha value is -1.68. The van der Waals surface area contributed by atoms with Gasteiger partial charge in [0.05, 0.1) is 23.1 Å². The number of pyridine rings is 1. The van der Waals surface area contributed by atoms with Gasteiger partial charge in [-0.1, -0.05) is 6.07 Å². The van der Waals surface area contributed by atoms with Crippen LogP contribution in [0.3, 0.4) is 0 Å². The van der Waals surface area contributed by atoms with Gasteiger partial charge in [0.2, 0.25) is 0 Å². The summed E-state index contributed by atoms with van der Waals surface area (Å²) >= 11 is 1.70. The Bertz CT molecular complexity index is 576. The third kappa shape index (κ3) is 1.34. The zero-order valence-corrected chi connectivity index (χ0v) is 9.03. The first kappa shape index (κ1) is 8.61. The van der Waals surface area contributed by atoms with Crippen molar-refractivity contribution in [1.29, 1.82) is 0 Å². The summed E-state index contributed by atoms with van der Waals surface area (Å²) in [5, 5.41) is 1.19. The van der Waals surface area contributed by atoms with Crippen molar-refractivity contribution in [3.8, 4) is 10.6 Å². The number of nitrogens with zero attached hydrogens (tertiary/aromatic N) is 3. The van der Waals surface area contributed by atoms with Gasteiger partial charge in [0, 0.05) is 18.6 Å². The van der Waals surface area contributed by atoms with E-state index in [9.17, 15) is 0 Å². The number of rotatable bonds is 1. The zero-order chi connectivity index (χ0) is 10.3. The molecule has 0 aliphatic rings. The average Bonchev–Trinajstić information content (AvgIpc) is 2.82. The molecular weight excluding hydrogens is 206 g/mol. The molecule has 3 nitrogen and oxygen atoms in total. The summed E-state index contributed by atoms with van der Waals surface area (Å²) < 4.78 is 2.02. The summed E-state index contributed by atoms with van der Waals surface area (Å²) in [5.74, 6) is 0. The summed E-state index contributed by atoms with van der Waals surface area (Å²) in [6.07, 6.45) is 5.52. The highest BCUT2D eigenvalue weighted by Crippen LogP contribution is 2.31. The molecule has 0 amide bonds. The first-order valence-electron chi connectivity index (χ1n) is 4.66. The molecule has 15 heavy (non-hydrogen) atoms. The molecule has 3 aromatic rings. The van der Waals surface area contributed by atoms with Crippen molar-refractivity contribution >= 4 is 21.6 Å².